The van der Waals surface area contributed by atoms with Gasteiger partial charge in [-0.05, 0) is 26.7 Å². The van der Waals surface area contributed by atoms with Crippen LogP contribution in [-0.4, -0.2) is 36.1 Å². The van der Waals surface area contributed by atoms with E-state index in [9.17, 15) is 4.79 Å². The van der Waals surface area contributed by atoms with Crippen molar-refractivity contribution in [3.05, 3.63) is 0 Å². The van der Waals surface area contributed by atoms with Crippen molar-refractivity contribution in [3.63, 3.8) is 0 Å². The Morgan fingerprint density at radius 2 is 1.77 bits per heavy atom. The lowest BCUT2D eigenvalue weighted by atomic mass is 10.2. The summed E-state index contributed by atoms with van der Waals surface area (Å²) in [5.74, 6) is 0.694. The molecule has 1 saturated carbocycles. The van der Waals surface area contributed by atoms with E-state index in [0.29, 0.717) is 11.8 Å². The van der Waals surface area contributed by atoms with Crippen molar-refractivity contribution in [1.82, 2.24) is 4.90 Å². The van der Waals surface area contributed by atoms with E-state index in [1.165, 1.54) is 0 Å². The maximum atomic E-state index is 11.7. The molecule has 13 heavy (non-hydrogen) atoms. The molecule has 0 aromatic rings. The van der Waals surface area contributed by atoms with Gasteiger partial charge in [0.2, 0.25) is 5.91 Å². The highest BCUT2D eigenvalue weighted by Crippen LogP contribution is 2.31. The van der Waals surface area contributed by atoms with Crippen LogP contribution < -0.4 is 0 Å². The van der Waals surface area contributed by atoms with Crippen LogP contribution >= 0.6 is 0 Å². The van der Waals surface area contributed by atoms with E-state index in [1.54, 1.807) is 0 Å². The van der Waals surface area contributed by atoms with Gasteiger partial charge in [-0.15, -0.1) is 0 Å². The van der Waals surface area contributed by atoms with E-state index < -0.39 is 0 Å². The number of hydrogen-bond donors (Lipinski definition) is 0. The third-order valence-corrected chi connectivity index (χ3v) is 2.66. The molecule has 0 bridgehead atoms. The van der Waals surface area contributed by atoms with Gasteiger partial charge in [0.15, 0.2) is 0 Å². The van der Waals surface area contributed by atoms with E-state index >= 15 is 0 Å². The summed E-state index contributed by atoms with van der Waals surface area (Å²) in [4.78, 5) is 13.7. The monoisotopic (exact) mass is 183 g/mol. The zero-order valence-electron chi connectivity index (χ0n) is 8.32. The fourth-order valence-corrected chi connectivity index (χ4v) is 1.95. The first kappa shape index (κ1) is 9.00. The second-order valence-corrected chi connectivity index (χ2v) is 4.27. The zero-order valence-corrected chi connectivity index (χ0v) is 8.32. The molecule has 74 valence electrons. The average Bonchev–Trinajstić information content (AvgIpc) is 2.83. The average molecular weight is 183 g/mol. The Kier molecular flexibility index (Phi) is 2.28. The fourth-order valence-electron chi connectivity index (χ4n) is 1.95. The Balaban J connectivity index is 1.93. The van der Waals surface area contributed by atoms with Crippen LogP contribution in [0.2, 0.25) is 0 Å². The van der Waals surface area contributed by atoms with E-state index in [4.69, 9.17) is 4.74 Å². The molecule has 1 amide bonds. The lowest BCUT2D eigenvalue weighted by Gasteiger charge is -2.35. The van der Waals surface area contributed by atoms with Gasteiger partial charge < -0.3 is 9.64 Å². The molecule has 1 aliphatic heterocycles. The maximum absolute atomic E-state index is 11.7. The van der Waals surface area contributed by atoms with Gasteiger partial charge in [-0.1, -0.05) is 0 Å². The summed E-state index contributed by atoms with van der Waals surface area (Å²) in [6.45, 7) is 5.62. The van der Waals surface area contributed by atoms with Gasteiger partial charge in [-0.3, -0.25) is 4.79 Å². The van der Waals surface area contributed by atoms with Crippen LogP contribution in [0.15, 0.2) is 0 Å². The van der Waals surface area contributed by atoms with Gasteiger partial charge in [0.1, 0.15) is 0 Å². The Morgan fingerprint density at radius 1 is 1.23 bits per heavy atom. The van der Waals surface area contributed by atoms with Gasteiger partial charge in [0, 0.05) is 19.0 Å². The summed E-state index contributed by atoms with van der Waals surface area (Å²) in [5, 5.41) is 0. The smallest absolute Gasteiger partial charge is 0.225 e. The van der Waals surface area contributed by atoms with Crippen molar-refractivity contribution < 1.29 is 9.53 Å². The van der Waals surface area contributed by atoms with Gasteiger partial charge in [-0.2, -0.15) is 0 Å². The number of carbonyl (C=O) groups is 1. The summed E-state index contributed by atoms with van der Waals surface area (Å²) in [7, 11) is 0. The molecule has 2 atom stereocenters. The maximum Gasteiger partial charge on any atom is 0.225 e. The molecule has 0 N–H and O–H groups in total. The number of ether oxygens (including phenoxy) is 1. The largest absolute Gasteiger partial charge is 0.372 e. The Bertz CT molecular complexity index is 203. The van der Waals surface area contributed by atoms with Gasteiger partial charge in [-0.25, -0.2) is 0 Å². The number of amides is 1. The van der Waals surface area contributed by atoms with Crippen molar-refractivity contribution in [2.75, 3.05) is 13.1 Å². The number of nitrogens with zero attached hydrogens (tertiary/aromatic N) is 1. The molecule has 2 unspecified atom stereocenters. The zero-order chi connectivity index (χ0) is 9.42. The summed E-state index contributed by atoms with van der Waals surface area (Å²) in [6, 6.07) is 0. The summed E-state index contributed by atoms with van der Waals surface area (Å²) >= 11 is 0. The number of morpholine rings is 1. The van der Waals surface area contributed by atoms with E-state index in [1.807, 2.05) is 18.7 Å². The molecule has 0 spiro atoms. The first-order chi connectivity index (χ1) is 6.16. The quantitative estimate of drug-likeness (QED) is 0.607. The van der Waals surface area contributed by atoms with Crippen molar-refractivity contribution in [1.29, 1.82) is 0 Å². The van der Waals surface area contributed by atoms with Crippen LogP contribution in [0.4, 0.5) is 0 Å². The molecule has 0 aromatic carbocycles. The van der Waals surface area contributed by atoms with Gasteiger partial charge in [0.25, 0.3) is 0 Å². The number of hydrogen-bond acceptors (Lipinski definition) is 2. The molecule has 2 rings (SSSR count). The van der Waals surface area contributed by atoms with Crippen LogP contribution in [0.1, 0.15) is 26.7 Å². The second kappa shape index (κ2) is 3.29. The number of rotatable bonds is 1. The van der Waals surface area contributed by atoms with Crippen molar-refractivity contribution in [2.45, 2.75) is 38.9 Å². The minimum atomic E-state index is 0.200. The third-order valence-electron chi connectivity index (χ3n) is 2.66. The first-order valence-electron chi connectivity index (χ1n) is 5.11. The Labute approximate surface area is 79.0 Å². The predicted molar refractivity (Wildman–Crippen MR) is 49.3 cm³/mol. The molecule has 1 heterocycles. The highest BCUT2D eigenvalue weighted by Gasteiger charge is 2.36. The van der Waals surface area contributed by atoms with Crippen LogP contribution in [0.3, 0.4) is 0 Å². The molecular weight excluding hydrogens is 166 g/mol. The van der Waals surface area contributed by atoms with Gasteiger partial charge >= 0.3 is 0 Å². The number of carbonyl (C=O) groups excluding carboxylic acids is 1. The second-order valence-electron chi connectivity index (χ2n) is 4.27. The minimum absolute atomic E-state index is 0.200. The summed E-state index contributed by atoms with van der Waals surface area (Å²) in [6.07, 6.45) is 2.59. The van der Waals surface area contributed by atoms with Crippen LogP contribution in [0.5, 0.6) is 0 Å². The summed E-state index contributed by atoms with van der Waals surface area (Å²) < 4.78 is 5.57. The minimum Gasteiger partial charge on any atom is -0.372 e. The standard InChI is InChI=1S/C10H17NO2/c1-7-5-11(6-8(2)13-7)10(12)9-3-4-9/h7-9H,3-6H2,1-2H3. The summed E-state index contributed by atoms with van der Waals surface area (Å²) in [5.41, 5.74) is 0. The molecule has 0 radical (unpaired) electrons. The molecule has 1 aliphatic carbocycles. The molecule has 3 nitrogen and oxygen atoms in total. The van der Waals surface area contributed by atoms with Crippen molar-refractivity contribution in [3.8, 4) is 0 Å². The SMILES string of the molecule is CC1CN(C(=O)C2CC2)CC(C)O1. The van der Waals surface area contributed by atoms with E-state index in [2.05, 4.69) is 0 Å². The normalized spacial score (nSPS) is 34.8. The van der Waals surface area contributed by atoms with Gasteiger partial charge in [0.05, 0.1) is 12.2 Å². The third kappa shape index (κ3) is 2.02. The molecule has 2 aliphatic rings. The topological polar surface area (TPSA) is 29.5 Å². The lowest BCUT2D eigenvalue weighted by molar-refractivity contribution is -0.144. The van der Waals surface area contributed by atoms with E-state index in [0.717, 1.165) is 25.9 Å². The van der Waals surface area contributed by atoms with Crippen molar-refractivity contribution in [2.24, 2.45) is 5.92 Å². The Hall–Kier alpha value is -0.570. The Morgan fingerprint density at radius 3 is 2.23 bits per heavy atom. The van der Waals surface area contributed by atoms with E-state index in [-0.39, 0.29) is 12.2 Å². The van der Waals surface area contributed by atoms with Crippen LogP contribution in [-0.2, 0) is 9.53 Å². The molecule has 2 fully saturated rings. The molecule has 0 aromatic heterocycles. The first-order valence-corrected chi connectivity index (χ1v) is 5.11. The van der Waals surface area contributed by atoms with Crippen molar-refractivity contribution >= 4 is 5.91 Å². The molecular formula is C10H17NO2. The van der Waals surface area contributed by atoms with Crippen LogP contribution in [0, 0.1) is 5.92 Å². The highest BCUT2D eigenvalue weighted by atomic mass is 16.5. The lowest BCUT2D eigenvalue weighted by Crippen LogP contribution is -2.48. The fraction of sp³-hybridized carbons (Fsp3) is 0.900. The van der Waals surface area contributed by atoms with Crippen LogP contribution in [0.25, 0.3) is 0 Å². The highest BCUT2D eigenvalue weighted by molar-refractivity contribution is 5.81. The molecule has 1 saturated heterocycles. The molecule has 3 heteroatoms. The predicted octanol–water partition coefficient (Wildman–Crippen LogP) is 1.03.